The minimum absolute atomic E-state index is 0.153. The first-order valence-corrected chi connectivity index (χ1v) is 10.9. The van der Waals surface area contributed by atoms with E-state index < -0.39 is 0 Å². The van der Waals surface area contributed by atoms with Gasteiger partial charge < -0.3 is 10.2 Å². The largest absolute Gasteiger partial charge is 0.353 e. The number of piperidine rings is 1. The molecule has 1 aromatic carbocycles. The zero-order chi connectivity index (χ0) is 20.4. The van der Waals surface area contributed by atoms with Crippen molar-refractivity contribution in [1.29, 1.82) is 0 Å². The molecule has 3 aromatic rings. The molecule has 4 rings (SSSR count). The number of hydrogen-bond donors (Lipinski definition) is 1. The monoisotopic (exact) mass is 412 g/mol. The molecular formula is C20H24N6O2S. The number of nitrogens with zero attached hydrogens (tertiary/aromatic N) is 5. The Labute approximate surface area is 172 Å². The molecule has 1 N–H and O–H groups in total. The van der Waals surface area contributed by atoms with Crippen molar-refractivity contribution in [1.82, 2.24) is 19.2 Å². The van der Waals surface area contributed by atoms with E-state index in [9.17, 15) is 9.59 Å². The van der Waals surface area contributed by atoms with E-state index in [-0.39, 0.29) is 18.1 Å². The molecule has 1 fully saturated rings. The van der Waals surface area contributed by atoms with Crippen molar-refractivity contribution in [2.24, 2.45) is 5.92 Å². The van der Waals surface area contributed by atoms with E-state index in [0.29, 0.717) is 23.1 Å². The smallest absolute Gasteiger partial charge is 0.350 e. The number of fused-ring (bicyclic) bond motifs is 1. The molecule has 1 atom stereocenters. The SMILES string of the molecule is CSc1cccc(NC(=O)Cn2nc3c(N4CCC[C@@H](C)C4)nccn3c2=O)c1. The molecule has 9 heteroatoms. The lowest BCUT2D eigenvalue weighted by Crippen LogP contribution is -2.35. The van der Waals surface area contributed by atoms with Crippen LogP contribution < -0.4 is 15.9 Å². The third kappa shape index (κ3) is 4.14. The van der Waals surface area contributed by atoms with E-state index in [2.05, 4.69) is 27.2 Å². The molecule has 1 aliphatic rings. The average Bonchev–Trinajstić information content (AvgIpc) is 3.03. The first-order valence-electron chi connectivity index (χ1n) is 9.68. The highest BCUT2D eigenvalue weighted by molar-refractivity contribution is 7.98. The Hall–Kier alpha value is -2.81. The number of benzene rings is 1. The predicted molar refractivity (Wildman–Crippen MR) is 115 cm³/mol. The Balaban J connectivity index is 1.58. The Bertz CT molecular complexity index is 1090. The highest BCUT2D eigenvalue weighted by Crippen LogP contribution is 2.23. The molecule has 8 nitrogen and oxygen atoms in total. The number of carbonyl (C=O) groups is 1. The second-order valence-corrected chi connectivity index (χ2v) is 8.24. The van der Waals surface area contributed by atoms with Crippen molar-refractivity contribution in [3.05, 3.63) is 47.1 Å². The molecule has 1 saturated heterocycles. The topological polar surface area (TPSA) is 84.5 Å². The Morgan fingerprint density at radius 1 is 1.38 bits per heavy atom. The first kappa shape index (κ1) is 19.5. The van der Waals surface area contributed by atoms with Crippen LogP contribution in [0.2, 0.25) is 0 Å². The van der Waals surface area contributed by atoms with Crippen LogP contribution in [-0.4, -0.2) is 44.4 Å². The van der Waals surface area contributed by atoms with E-state index in [0.717, 1.165) is 24.4 Å². The predicted octanol–water partition coefficient (Wildman–Crippen LogP) is 2.49. The number of thioether (sulfide) groups is 1. The molecule has 0 spiro atoms. The van der Waals surface area contributed by atoms with Gasteiger partial charge in [-0.2, -0.15) is 0 Å². The van der Waals surface area contributed by atoms with Gasteiger partial charge >= 0.3 is 5.69 Å². The molecule has 1 aliphatic heterocycles. The summed E-state index contributed by atoms with van der Waals surface area (Å²) in [6, 6.07) is 7.58. The van der Waals surface area contributed by atoms with Gasteiger partial charge in [-0.1, -0.05) is 13.0 Å². The summed E-state index contributed by atoms with van der Waals surface area (Å²) in [6.07, 6.45) is 7.47. The number of anilines is 2. The Morgan fingerprint density at radius 3 is 3.03 bits per heavy atom. The van der Waals surface area contributed by atoms with Crippen molar-refractivity contribution in [3.63, 3.8) is 0 Å². The lowest BCUT2D eigenvalue weighted by Gasteiger charge is -2.31. The summed E-state index contributed by atoms with van der Waals surface area (Å²) in [5.74, 6) is 0.972. The van der Waals surface area contributed by atoms with Gasteiger partial charge in [0.05, 0.1) is 0 Å². The average molecular weight is 413 g/mol. The number of aromatic nitrogens is 4. The highest BCUT2D eigenvalue weighted by Gasteiger charge is 2.22. The fourth-order valence-corrected chi connectivity index (χ4v) is 4.14. The summed E-state index contributed by atoms with van der Waals surface area (Å²) in [5.41, 5.74) is 0.842. The van der Waals surface area contributed by atoms with Crippen LogP contribution >= 0.6 is 11.8 Å². The van der Waals surface area contributed by atoms with Gasteiger partial charge in [0.25, 0.3) is 0 Å². The van der Waals surface area contributed by atoms with Crippen molar-refractivity contribution in [2.75, 3.05) is 29.6 Å². The number of carbonyl (C=O) groups excluding carboxylic acids is 1. The van der Waals surface area contributed by atoms with Gasteiger partial charge in [-0.05, 0) is 43.2 Å². The highest BCUT2D eigenvalue weighted by atomic mass is 32.2. The minimum Gasteiger partial charge on any atom is -0.353 e. The number of rotatable bonds is 5. The fraction of sp³-hybridized carbons (Fsp3) is 0.400. The standard InChI is InChI=1S/C20H24N6O2S/c1-14-5-4-9-24(12-14)18-19-23-26(20(28)25(19)10-8-21-18)13-17(27)22-15-6-3-7-16(11-15)29-2/h3,6-8,10-11,14H,4-5,9,12-13H2,1-2H3,(H,22,27)/t14-/m1/s1. The Morgan fingerprint density at radius 2 is 2.24 bits per heavy atom. The van der Waals surface area contributed by atoms with E-state index in [4.69, 9.17) is 0 Å². The number of nitrogens with one attached hydrogen (secondary N) is 1. The van der Waals surface area contributed by atoms with Gasteiger partial charge in [-0.15, -0.1) is 16.9 Å². The molecule has 29 heavy (non-hydrogen) atoms. The lowest BCUT2D eigenvalue weighted by molar-refractivity contribution is -0.117. The van der Waals surface area contributed by atoms with Crippen molar-refractivity contribution >= 4 is 34.8 Å². The van der Waals surface area contributed by atoms with Crippen LogP contribution in [0.4, 0.5) is 11.5 Å². The summed E-state index contributed by atoms with van der Waals surface area (Å²) in [5, 5.41) is 7.26. The summed E-state index contributed by atoms with van der Waals surface area (Å²) in [7, 11) is 0. The summed E-state index contributed by atoms with van der Waals surface area (Å²) >= 11 is 1.60. The third-order valence-corrected chi connectivity index (χ3v) is 5.81. The second-order valence-electron chi connectivity index (χ2n) is 7.36. The molecule has 1 amide bonds. The zero-order valence-electron chi connectivity index (χ0n) is 16.5. The Kier molecular flexibility index (Phi) is 5.57. The first-order chi connectivity index (χ1) is 14.0. The van der Waals surface area contributed by atoms with Crippen LogP contribution in [0.25, 0.3) is 5.65 Å². The van der Waals surface area contributed by atoms with Crippen LogP contribution in [-0.2, 0) is 11.3 Å². The van der Waals surface area contributed by atoms with Gasteiger partial charge in [0.2, 0.25) is 11.6 Å². The maximum atomic E-state index is 12.7. The van der Waals surface area contributed by atoms with Crippen LogP contribution in [0.15, 0.2) is 46.3 Å². The minimum atomic E-state index is -0.346. The molecule has 0 unspecified atom stereocenters. The molecular weight excluding hydrogens is 388 g/mol. The van der Waals surface area contributed by atoms with Crippen molar-refractivity contribution in [2.45, 2.75) is 31.2 Å². The number of amides is 1. The normalized spacial score (nSPS) is 16.9. The van der Waals surface area contributed by atoms with Gasteiger partial charge in [0.1, 0.15) is 6.54 Å². The van der Waals surface area contributed by atoms with E-state index in [1.807, 2.05) is 30.5 Å². The third-order valence-electron chi connectivity index (χ3n) is 5.09. The van der Waals surface area contributed by atoms with Crippen LogP contribution in [0, 0.1) is 5.92 Å². The summed E-state index contributed by atoms with van der Waals surface area (Å²) < 4.78 is 2.66. The quantitative estimate of drug-likeness (QED) is 0.648. The van der Waals surface area contributed by atoms with Crippen LogP contribution in [0.1, 0.15) is 19.8 Å². The molecule has 0 bridgehead atoms. The molecule has 2 aromatic heterocycles. The van der Waals surface area contributed by atoms with Crippen LogP contribution in [0.3, 0.4) is 0 Å². The zero-order valence-corrected chi connectivity index (χ0v) is 17.4. The summed E-state index contributed by atoms with van der Waals surface area (Å²) in [4.78, 5) is 32.9. The van der Waals surface area contributed by atoms with E-state index in [1.54, 1.807) is 24.2 Å². The second kappa shape index (κ2) is 8.28. The van der Waals surface area contributed by atoms with Gasteiger partial charge in [0.15, 0.2) is 5.82 Å². The van der Waals surface area contributed by atoms with Crippen molar-refractivity contribution < 1.29 is 4.79 Å². The van der Waals surface area contributed by atoms with E-state index in [1.165, 1.54) is 15.5 Å². The molecule has 152 valence electrons. The number of hydrogen-bond acceptors (Lipinski definition) is 6. The molecule has 0 saturated carbocycles. The maximum Gasteiger partial charge on any atom is 0.350 e. The molecule has 0 aliphatic carbocycles. The fourth-order valence-electron chi connectivity index (χ4n) is 3.68. The molecule has 0 radical (unpaired) electrons. The molecule has 3 heterocycles. The summed E-state index contributed by atoms with van der Waals surface area (Å²) in [6.45, 7) is 3.84. The van der Waals surface area contributed by atoms with Gasteiger partial charge in [-0.25, -0.2) is 18.9 Å². The van der Waals surface area contributed by atoms with Gasteiger partial charge in [-0.3, -0.25) is 4.79 Å². The van der Waals surface area contributed by atoms with Crippen LogP contribution in [0.5, 0.6) is 0 Å². The van der Waals surface area contributed by atoms with Gasteiger partial charge in [0, 0.05) is 36.1 Å². The van der Waals surface area contributed by atoms with E-state index >= 15 is 0 Å². The maximum absolute atomic E-state index is 12.7. The lowest BCUT2D eigenvalue weighted by atomic mass is 10.0. The van der Waals surface area contributed by atoms with Crippen molar-refractivity contribution in [3.8, 4) is 0 Å².